The Morgan fingerprint density at radius 2 is 1.81 bits per heavy atom. The van der Waals surface area contributed by atoms with Gasteiger partial charge >= 0.3 is 0 Å². The van der Waals surface area contributed by atoms with Crippen LogP contribution in [0.15, 0.2) is 24.3 Å². The first-order chi connectivity index (χ1) is 10.0. The molecule has 0 spiro atoms. The van der Waals surface area contributed by atoms with Gasteiger partial charge in [0.05, 0.1) is 0 Å². The van der Waals surface area contributed by atoms with Gasteiger partial charge in [-0.1, -0.05) is 56.4 Å². The summed E-state index contributed by atoms with van der Waals surface area (Å²) in [5, 5.41) is 14.0. The minimum absolute atomic E-state index is 0.189. The number of hydrogen-bond acceptors (Lipinski definition) is 4. The number of fused-ring (bicyclic) bond motifs is 1. The molecule has 2 heterocycles. The minimum Gasteiger partial charge on any atom is -0.187 e. The van der Waals surface area contributed by atoms with Gasteiger partial charge in [0.15, 0.2) is 5.82 Å². The van der Waals surface area contributed by atoms with Crippen LogP contribution in [0.5, 0.6) is 0 Å². The van der Waals surface area contributed by atoms with Crippen LogP contribution in [-0.4, -0.2) is 19.8 Å². The smallest absolute Gasteiger partial charge is 0.187 e. The summed E-state index contributed by atoms with van der Waals surface area (Å²) < 4.78 is 1.87. The highest BCUT2D eigenvalue weighted by atomic mass is 32.1. The zero-order valence-corrected chi connectivity index (χ0v) is 13.7. The molecular weight excluding hydrogens is 280 g/mol. The summed E-state index contributed by atoms with van der Waals surface area (Å²) in [6.07, 6.45) is 1.12. The molecule has 0 fully saturated rings. The number of aromatic nitrogens is 4. The molecule has 21 heavy (non-hydrogen) atoms. The van der Waals surface area contributed by atoms with Crippen molar-refractivity contribution in [3.8, 4) is 0 Å². The van der Waals surface area contributed by atoms with Gasteiger partial charge in [-0.2, -0.15) is 9.61 Å². The van der Waals surface area contributed by atoms with Gasteiger partial charge in [0.2, 0.25) is 4.96 Å². The van der Waals surface area contributed by atoms with Crippen molar-refractivity contribution in [2.24, 2.45) is 5.92 Å². The lowest BCUT2D eigenvalue weighted by Gasteiger charge is -2.11. The van der Waals surface area contributed by atoms with Crippen molar-refractivity contribution in [2.45, 2.75) is 40.0 Å². The van der Waals surface area contributed by atoms with Crippen molar-refractivity contribution in [3.63, 3.8) is 0 Å². The zero-order valence-electron chi connectivity index (χ0n) is 12.9. The first-order valence-electron chi connectivity index (χ1n) is 7.32. The third kappa shape index (κ3) is 2.83. The van der Waals surface area contributed by atoms with Gasteiger partial charge in [-0.3, -0.25) is 0 Å². The monoisotopic (exact) mass is 300 g/mol. The van der Waals surface area contributed by atoms with Crippen LogP contribution in [-0.2, 0) is 6.42 Å². The standard InChI is InChI=1S/C16H20N4S/c1-10(2)9-13-5-7-14(8-6-13)11(3)15-17-18-16-20(15)19-12(4)21-16/h5-8,10-11H,9H2,1-4H3. The molecule has 5 heteroatoms. The van der Waals surface area contributed by atoms with E-state index in [4.69, 9.17) is 0 Å². The van der Waals surface area contributed by atoms with Gasteiger partial charge in [-0.15, -0.1) is 10.2 Å². The average molecular weight is 300 g/mol. The van der Waals surface area contributed by atoms with E-state index in [1.165, 1.54) is 11.1 Å². The van der Waals surface area contributed by atoms with Crippen LogP contribution in [0.25, 0.3) is 4.96 Å². The first-order valence-corrected chi connectivity index (χ1v) is 8.14. The first kappa shape index (κ1) is 14.2. The van der Waals surface area contributed by atoms with Gasteiger partial charge in [0, 0.05) is 5.92 Å². The van der Waals surface area contributed by atoms with E-state index in [0.29, 0.717) is 5.92 Å². The van der Waals surface area contributed by atoms with Crippen molar-refractivity contribution >= 4 is 16.3 Å². The van der Waals surface area contributed by atoms with Crippen LogP contribution in [0.2, 0.25) is 0 Å². The van der Waals surface area contributed by atoms with Gasteiger partial charge in [0.1, 0.15) is 5.01 Å². The Hall–Kier alpha value is -1.75. The summed E-state index contributed by atoms with van der Waals surface area (Å²) in [6.45, 7) is 8.64. The van der Waals surface area contributed by atoms with Crippen molar-refractivity contribution < 1.29 is 0 Å². The second-order valence-electron chi connectivity index (χ2n) is 5.93. The molecule has 0 saturated carbocycles. The van der Waals surface area contributed by atoms with E-state index in [9.17, 15) is 0 Å². The molecule has 0 radical (unpaired) electrons. The Morgan fingerprint density at radius 3 is 2.48 bits per heavy atom. The lowest BCUT2D eigenvalue weighted by molar-refractivity contribution is 0.647. The molecule has 110 valence electrons. The predicted octanol–water partition coefficient (Wildman–Crippen LogP) is 3.84. The van der Waals surface area contributed by atoms with Crippen molar-refractivity contribution in [1.82, 2.24) is 19.8 Å². The summed E-state index contributed by atoms with van der Waals surface area (Å²) >= 11 is 1.57. The van der Waals surface area contributed by atoms with Crippen LogP contribution in [0, 0.1) is 12.8 Å². The van der Waals surface area contributed by atoms with E-state index < -0.39 is 0 Å². The summed E-state index contributed by atoms with van der Waals surface area (Å²) in [4.78, 5) is 0.866. The Bertz CT molecular complexity index is 739. The highest BCUT2D eigenvalue weighted by molar-refractivity contribution is 7.16. The number of rotatable bonds is 4. The van der Waals surface area contributed by atoms with Crippen LogP contribution < -0.4 is 0 Å². The van der Waals surface area contributed by atoms with Crippen molar-refractivity contribution in [2.75, 3.05) is 0 Å². The van der Waals surface area contributed by atoms with Gasteiger partial charge in [0.25, 0.3) is 0 Å². The molecule has 4 nitrogen and oxygen atoms in total. The van der Waals surface area contributed by atoms with Gasteiger partial charge in [-0.25, -0.2) is 0 Å². The topological polar surface area (TPSA) is 43.1 Å². The van der Waals surface area contributed by atoms with Crippen LogP contribution in [0.4, 0.5) is 0 Å². The van der Waals surface area contributed by atoms with E-state index >= 15 is 0 Å². The second-order valence-corrected chi connectivity index (χ2v) is 7.09. The fourth-order valence-corrected chi connectivity index (χ4v) is 3.25. The van der Waals surface area contributed by atoms with E-state index in [0.717, 1.165) is 22.2 Å². The largest absolute Gasteiger partial charge is 0.234 e. The molecule has 1 unspecified atom stereocenters. The summed E-state index contributed by atoms with van der Waals surface area (Å²) in [6, 6.07) is 8.83. The molecule has 3 rings (SSSR count). The molecule has 1 atom stereocenters. The van der Waals surface area contributed by atoms with E-state index in [-0.39, 0.29) is 5.92 Å². The molecular formula is C16H20N4S. The average Bonchev–Trinajstić information content (AvgIpc) is 2.97. The maximum atomic E-state index is 4.49. The third-order valence-corrected chi connectivity index (χ3v) is 4.44. The van der Waals surface area contributed by atoms with Crippen molar-refractivity contribution in [1.29, 1.82) is 0 Å². The number of benzene rings is 1. The molecule has 2 aromatic heterocycles. The SMILES string of the molecule is Cc1nn2c(C(C)c3ccc(CC(C)C)cc3)nnc2s1. The van der Waals surface area contributed by atoms with E-state index in [2.05, 4.69) is 60.3 Å². The molecule has 0 bridgehead atoms. The van der Waals surface area contributed by atoms with Crippen molar-refractivity contribution in [3.05, 3.63) is 46.2 Å². The highest BCUT2D eigenvalue weighted by Crippen LogP contribution is 2.25. The number of aryl methyl sites for hydroxylation is 1. The molecule has 3 aromatic rings. The highest BCUT2D eigenvalue weighted by Gasteiger charge is 2.18. The normalized spacial score (nSPS) is 13.2. The summed E-state index contributed by atoms with van der Waals surface area (Å²) in [5.41, 5.74) is 2.64. The Morgan fingerprint density at radius 1 is 1.10 bits per heavy atom. The Labute approximate surface area is 128 Å². The predicted molar refractivity (Wildman–Crippen MR) is 85.9 cm³/mol. The molecule has 0 aliphatic heterocycles. The maximum absolute atomic E-state index is 4.49. The maximum Gasteiger partial charge on any atom is 0.234 e. The molecule has 0 aliphatic rings. The fraction of sp³-hybridized carbons (Fsp3) is 0.438. The van der Waals surface area contributed by atoms with E-state index in [1.54, 1.807) is 11.3 Å². The number of nitrogens with zero attached hydrogens (tertiary/aromatic N) is 4. The minimum atomic E-state index is 0.189. The summed E-state index contributed by atoms with van der Waals surface area (Å²) in [5.74, 6) is 1.78. The quantitative estimate of drug-likeness (QED) is 0.735. The molecule has 0 N–H and O–H groups in total. The summed E-state index contributed by atoms with van der Waals surface area (Å²) in [7, 11) is 0. The molecule has 0 amide bonds. The molecule has 0 aliphatic carbocycles. The lowest BCUT2D eigenvalue weighted by Crippen LogP contribution is -2.04. The molecule has 0 saturated heterocycles. The molecule has 1 aromatic carbocycles. The Kier molecular flexibility index (Phi) is 3.76. The van der Waals surface area contributed by atoms with Gasteiger partial charge < -0.3 is 0 Å². The van der Waals surface area contributed by atoms with Crippen LogP contribution >= 0.6 is 11.3 Å². The van der Waals surface area contributed by atoms with Gasteiger partial charge in [-0.05, 0) is 30.4 Å². The second kappa shape index (κ2) is 5.56. The lowest BCUT2D eigenvalue weighted by atomic mass is 9.96. The zero-order chi connectivity index (χ0) is 15.0. The van der Waals surface area contributed by atoms with E-state index in [1.807, 2.05) is 11.4 Å². The van der Waals surface area contributed by atoms with Crippen LogP contribution in [0.1, 0.15) is 48.6 Å². The third-order valence-electron chi connectivity index (χ3n) is 3.63. The fourth-order valence-electron chi connectivity index (χ4n) is 2.56. The Balaban J connectivity index is 1.89. The van der Waals surface area contributed by atoms with Crippen LogP contribution in [0.3, 0.4) is 0 Å². The number of hydrogen-bond donors (Lipinski definition) is 0.